The van der Waals surface area contributed by atoms with Crippen molar-refractivity contribution in [3.8, 4) is 17.2 Å². The van der Waals surface area contributed by atoms with Crippen molar-refractivity contribution in [1.82, 2.24) is 5.43 Å². The van der Waals surface area contributed by atoms with Crippen LogP contribution in [0.5, 0.6) is 17.2 Å². The van der Waals surface area contributed by atoms with Crippen molar-refractivity contribution < 1.29 is 19.0 Å². The number of nitrogens with one attached hydrogen (secondary N) is 1. The maximum Gasteiger partial charge on any atom is 0.240 e. The molecule has 2 aromatic rings. The van der Waals surface area contributed by atoms with Crippen molar-refractivity contribution in [2.45, 2.75) is 19.8 Å². The number of benzene rings is 2. The van der Waals surface area contributed by atoms with Gasteiger partial charge in [0.05, 0.1) is 31.5 Å². The first-order chi connectivity index (χ1) is 13.0. The van der Waals surface area contributed by atoms with Gasteiger partial charge in [-0.1, -0.05) is 6.07 Å². The average molecular weight is 435 g/mol. The highest BCUT2D eigenvalue weighted by molar-refractivity contribution is 9.10. The molecule has 0 unspecified atom stereocenters. The maximum absolute atomic E-state index is 11.9. The Morgan fingerprint density at radius 1 is 1.15 bits per heavy atom. The number of methoxy groups -OCH3 is 2. The van der Waals surface area contributed by atoms with Crippen LogP contribution in [0.4, 0.5) is 0 Å². The van der Waals surface area contributed by atoms with Crippen molar-refractivity contribution in [3.63, 3.8) is 0 Å². The molecule has 144 valence electrons. The van der Waals surface area contributed by atoms with Gasteiger partial charge in [0.2, 0.25) is 5.91 Å². The smallest absolute Gasteiger partial charge is 0.240 e. The highest BCUT2D eigenvalue weighted by Gasteiger charge is 2.05. The molecule has 27 heavy (non-hydrogen) atoms. The quantitative estimate of drug-likeness (QED) is 0.366. The lowest BCUT2D eigenvalue weighted by Crippen LogP contribution is -2.18. The van der Waals surface area contributed by atoms with E-state index in [0.29, 0.717) is 30.9 Å². The van der Waals surface area contributed by atoms with E-state index in [1.165, 1.54) is 6.21 Å². The van der Waals surface area contributed by atoms with Gasteiger partial charge < -0.3 is 14.2 Å². The number of ether oxygens (including phenoxy) is 3. The third kappa shape index (κ3) is 6.60. The molecule has 2 rings (SSSR count). The Labute approximate surface area is 167 Å². The molecule has 0 radical (unpaired) electrons. The van der Waals surface area contributed by atoms with Crippen LogP contribution in [0.3, 0.4) is 0 Å². The summed E-state index contributed by atoms with van der Waals surface area (Å²) in [5, 5.41) is 3.97. The first-order valence-electron chi connectivity index (χ1n) is 8.46. The number of hydrogen-bond donors (Lipinski definition) is 1. The first-order valence-corrected chi connectivity index (χ1v) is 9.25. The second-order valence-electron chi connectivity index (χ2n) is 5.79. The van der Waals surface area contributed by atoms with Crippen LogP contribution in [0.25, 0.3) is 0 Å². The minimum Gasteiger partial charge on any atom is -0.497 e. The number of hydrazone groups is 1. The predicted octanol–water partition coefficient (Wildman–Crippen LogP) is 4.08. The van der Waals surface area contributed by atoms with Crippen LogP contribution < -0.4 is 19.6 Å². The molecule has 0 aliphatic carbocycles. The molecule has 0 saturated heterocycles. The lowest BCUT2D eigenvalue weighted by molar-refractivity contribution is -0.121. The monoisotopic (exact) mass is 434 g/mol. The zero-order chi connectivity index (χ0) is 19.6. The standard InChI is InChI=1S/C20H23BrN2O4/c1-14-6-9-18(17(21)11-14)27-10-4-5-20(24)23-22-13-15-7-8-16(25-2)12-19(15)26-3/h6-9,11-13H,4-5,10H2,1-3H3,(H,23,24)/b22-13+. The predicted molar refractivity (Wildman–Crippen MR) is 109 cm³/mol. The summed E-state index contributed by atoms with van der Waals surface area (Å²) in [4.78, 5) is 11.9. The summed E-state index contributed by atoms with van der Waals surface area (Å²) in [6, 6.07) is 11.2. The number of amides is 1. The van der Waals surface area contributed by atoms with Gasteiger partial charge in [-0.2, -0.15) is 5.10 Å². The Morgan fingerprint density at radius 3 is 2.67 bits per heavy atom. The van der Waals surface area contributed by atoms with Gasteiger partial charge in [0.25, 0.3) is 0 Å². The largest absolute Gasteiger partial charge is 0.497 e. The lowest BCUT2D eigenvalue weighted by atomic mass is 10.2. The fourth-order valence-corrected chi connectivity index (χ4v) is 2.90. The van der Waals surface area contributed by atoms with Crippen molar-refractivity contribution in [2.75, 3.05) is 20.8 Å². The molecule has 0 aromatic heterocycles. The Balaban J connectivity index is 1.75. The summed E-state index contributed by atoms with van der Waals surface area (Å²) in [5.41, 5.74) is 4.40. The number of hydrogen-bond acceptors (Lipinski definition) is 5. The highest BCUT2D eigenvalue weighted by atomic mass is 79.9. The van der Waals surface area contributed by atoms with E-state index in [1.807, 2.05) is 25.1 Å². The minimum atomic E-state index is -0.176. The number of halogens is 1. The summed E-state index contributed by atoms with van der Waals surface area (Å²) in [6.45, 7) is 2.46. The zero-order valence-electron chi connectivity index (χ0n) is 15.6. The summed E-state index contributed by atoms with van der Waals surface area (Å²) in [7, 11) is 3.15. The van der Waals surface area contributed by atoms with Crippen LogP contribution >= 0.6 is 15.9 Å². The summed E-state index contributed by atoms with van der Waals surface area (Å²) in [6.07, 6.45) is 2.45. The normalized spacial score (nSPS) is 10.7. The van der Waals surface area contributed by atoms with Crippen LogP contribution in [0.15, 0.2) is 46.0 Å². The average Bonchev–Trinajstić information content (AvgIpc) is 2.66. The third-order valence-corrected chi connectivity index (χ3v) is 4.35. The molecule has 7 heteroatoms. The summed E-state index contributed by atoms with van der Waals surface area (Å²) in [5.74, 6) is 1.90. The van der Waals surface area contributed by atoms with E-state index < -0.39 is 0 Å². The third-order valence-electron chi connectivity index (χ3n) is 3.73. The van der Waals surface area contributed by atoms with Gasteiger partial charge >= 0.3 is 0 Å². The number of carbonyl (C=O) groups is 1. The Hall–Kier alpha value is -2.54. The molecule has 0 saturated carbocycles. The SMILES string of the molecule is COc1ccc(/C=N/NC(=O)CCCOc2ccc(C)cc2Br)c(OC)c1. The summed E-state index contributed by atoms with van der Waals surface area (Å²) < 4.78 is 17.0. The van der Waals surface area contributed by atoms with Gasteiger partial charge in [0.15, 0.2) is 0 Å². The Morgan fingerprint density at radius 2 is 1.96 bits per heavy atom. The van der Waals surface area contributed by atoms with E-state index in [0.717, 1.165) is 21.3 Å². The lowest BCUT2D eigenvalue weighted by Gasteiger charge is -2.08. The van der Waals surface area contributed by atoms with E-state index in [1.54, 1.807) is 32.4 Å². The summed E-state index contributed by atoms with van der Waals surface area (Å²) >= 11 is 3.46. The van der Waals surface area contributed by atoms with E-state index in [-0.39, 0.29) is 5.91 Å². The van der Waals surface area contributed by atoms with Gasteiger partial charge in [-0.25, -0.2) is 5.43 Å². The molecule has 1 N–H and O–H groups in total. The molecule has 0 fully saturated rings. The van der Waals surface area contributed by atoms with E-state index in [9.17, 15) is 4.79 Å². The first kappa shape index (κ1) is 20.8. The van der Waals surface area contributed by atoms with Crippen LogP contribution in [-0.2, 0) is 4.79 Å². The Kier molecular flexibility index (Phi) is 8.13. The molecule has 1 amide bonds. The van der Waals surface area contributed by atoms with Crippen LogP contribution in [0.1, 0.15) is 24.0 Å². The van der Waals surface area contributed by atoms with E-state index >= 15 is 0 Å². The number of rotatable bonds is 9. The van der Waals surface area contributed by atoms with Gasteiger partial charge in [-0.15, -0.1) is 0 Å². The molecule has 0 atom stereocenters. The van der Waals surface area contributed by atoms with Crippen LogP contribution in [-0.4, -0.2) is 32.9 Å². The molecule has 2 aromatic carbocycles. The number of nitrogens with zero attached hydrogens (tertiary/aromatic N) is 1. The zero-order valence-corrected chi connectivity index (χ0v) is 17.2. The molecule has 0 spiro atoms. The molecule has 0 aliphatic heterocycles. The van der Waals surface area contributed by atoms with Crippen LogP contribution in [0.2, 0.25) is 0 Å². The van der Waals surface area contributed by atoms with Crippen molar-refractivity contribution in [3.05, 3.63) is 52.0 Å². The fourth-order valence-electron chi connectivity index (χ4n) is 2.29. The van der Waals surface area contributed by atoms with Gasteiger partial charge in [-0.05, 0) is 59.1 Å². The second kappa shape index (κ2) is 10.6. The second-order valence-corrected chi connectivity index (χ2v) is 6.64. The minimum absolute atomic E-state index is 0.176. The fraction of sp³-hybridized carbons (Fsp3) is 0.300. The molecule has 0 heterocycles. The number of carbonyl (C=O) groups excluding carboxylic acids is 1. The molecule has 0 bridgehead atoms. The van der Waals surface area contributed by atoms with E-state index in [2.05, 4.69) is 26.5 Å². The number of aryl methyl sites for hydroxylation is 1. The van der Waals surface area contributed by atoms with Gasteiger partial charge in [0.1, 0.15) is 17.2 Å². The molecular formula is C20H23BrN2O4. The molecule has 6 nitrogen and oxygen atoms in total. The van der Waals surface area contributed by atoms with E-state index in [4.69, 9.17) is 14.2 Å². The van der Waals surface area contributed by atoms with Crippen LogP contribution in [0, 0.1) is 6.92 Å². The van der Waals surface area contributed by atoms with Crippen molar-refractivity contribution in [2.24, 2.45) is 5.10 Å². The molecule has 0 aliphatic rings. The Bertz CT molecular complexity index is 809. The molecular weight excluding hydrogens is 412 g/mol. The van der Waals surface area contributed by atoms with Crippen molar-refractivity contribution in [1.29, 1.82) is 0 Å². The topological polar surface area (TPSA) is 69.2 Å². The maximum atomic E-state index is 11.9. The highest BCUT2D eigenvalue weighted by Crippen LogP contribution is 2.26. The van der Waals surface area contributed by atoms with Crippen molar-refractivity contribution >= 4 is 28.1 Å². The van der Waals surface area contributed by atoms with Gasteiger partial charge in [-0.3, -0.25) is 4.79 Å². The van der Waals surface area contributed by atoms with Gasteiger partial charge in [0, 0.05) is 18.1 Å².